The number of amides is 1. The maximum absolute atomic E-state index is 14.6. The van der Waals surface area contributed by atoms with Gasteiger partial charge in [-0.3, -0.25) is 4.79 Å². The van der Waals surface area contributed by atoms with E-state index in [1.807, 2.05) is 66.7 Å². The standard InChI is InChI=1S/C34H32N2O6S/c37-21-9-22-41-27-18-16-26(17-19-27)32-35-34(24-25-10-3-1-4-11-25)31(42-32)29-14-7-8-15-30(29)36(33(34)38)20-23-43(39,40)28-12-5-2-6-13-28/h1-8,10-19,31,37H,9,20-24H2/t31-,34-/m1/s1. The number of nitrogens with zero attached hydrogens (tertiary/aromatic N) is 2. The summed E-state index contributed by atoms with van der Waals surface area (Å²) in [5.74, 6) is 0.449. The SMILES string of the molecule is O=C1N(CCS(=O)(=O)c2ccccc2)c2ccccc2[C@H]2OC(c3ccc(OCCCO)cc3)=N[C@@]12Cc1ccccc1. The number of hydrogen-bond donors (Lipinski definition) is 1. The lowest BCUT2D eigenvalue weighted by Gasteiger charge is -2.41. The van der Waals surface area contributed by atoms with Crippen molar-refractivity contribution >= 4 is 27.3 Å². The van der Waals surface area contributed by atoms with E-state index in [1.54, 1.807) is 47.4 Å². The van der Waals surface area contributed by atoms with Gasteiger partial charge in [0.2, 0.25) is 5.90 Å². The van der Waals surface area contributed by atoms with E-state index in [4.69, 9.17) is 19.6 Å². The van der Waals surface area contributed by atoms with Crippen molar-refractivity contribution < 1.29 is 27.8 Å². The van der Waals surface area contributed by atoms with E-state index in [1.165, 1.54) is 0 Å². The van der Waals surface area contributed by atoms with Gasteiger partial charge in [-0.1, -0.05) is 66.7 Å². The molecule has 0 fully saturated rings. The van der Waals surface area contributed by atoms with E-state index in [-0.39, 0.29) is 36.1 Å². The third-order valence-electron chi connectivity index (χ3n) is 7.76. The summed E-state index contributed by atoms with van der Waals surface area (Å²) in [6.45, 7) is 0.427. The fourth-order valence-corrected chi connectivity index (χ4v) is 6.86. The van der Waals surface area contributed by atoms with Crippen molar-refractivity contribution in [3.8, 4) is 5.75 Å². The summed E-state index contributed by atoms with van der Waals surface area (Å²) in [6, 6.07) is 32.7. The van der Waals surface area contributed by atoms with Crippen LogP contribution in [0.15, 0.2) is 119 Å². The molecular weight excluding hydrogens is 564 g/mol. The third kappa shape index (κ3) is 5.66. The molecule has 2 aliphatic heterocycles. The molecule has 0 saturated heterocycles. The Bertz CT molecular complexity index is 1730. The van der Waals surface area contributed by atoms with Gasteiger partial charge in [-0.15, -0.1) is 0 Å². The normalized spacial score (nSPS) is 19.3. The zero-order valence-electron chi connectivity index (χ0n) is 23.5. The number of aliphatic imine (C=N–C) groups is 1. The van der Waals surface area contributed by atoms with Crippen LogP contribution < -0.4 is 9.64 Å². The molecule has 1 amide bonds. The highest BCUT2D eigenvalue weighted by Gasteiger charge is 2.58. The molecule has 4 aromatic carbocycles. The highest BCUT2D eigenvalue weighted by atomic mass is 32.2. The monoisotopic (exact) mass is 596 g/mol. The van der Waals surface area contributed by atoms with Crippen LogP contribution in [-0.2, 0) is 25.8 Å². The van der Waals surface area contributed by atoms with Crippen LogP contribution in [0.25, 0.3) is 0 Å². The summed E-state index contributed by atoms with van der Waals surface area (Å²) < 4.78 is 38.7. The molecule has 0 radical (unpaired) electrons. The molecule has 0 spiro atoms. The molecule has 4 aromatic rings. The van der Waals surface area contributed by atoms with E-state index in [2.05, 4.69) is 0 Å². The zero-order chi connectivity index (χ0) is 29.9. The molecular formula is C34H32N2O6S. The van der Waals surface area contributed by atoms with Gasteiger partial charge in [-0.25, -0.2) is 13.4 Å². The van der Waals surface area contributed by atoms with E-state index in [9.17, 15) is 13.2 Å². The van der Waals surface area contributed by atoms with E-state index < -0.39 is 21.5 Å². The van der Waals surface area contributed by atoms with Gasteiger partial charge >= 0.3 is 0 Å². The van der Waals surface area contributed by atoms with Crippen LogP contribution in [0, 0.1) is 0 Å². The molecule has 2 heterocycles. The Morgan fingerprint density at radius 3 is 2.28 bits per heavy atom. The maximum atomic E-state index is 14.6. The van der Waals surface area contributed by atoms with Gasteiger partial charge in [0.15, 0.2) is 21.5 Å². The zero-order valence-corrected chi connectivity index (χ0v) is 24.3. The summed E-state index contributed by atoms with van der Waals surface area (Å²) in [5, 5.41) is 9.03. The van der Waals surface area contributed by atoms with Crippen LogP contribution in [0.5, 0.6) is 5.75 Å². The van der Waals surface area contributed by atoms with Gasteiger partial charge < -0.3 is 19.5 Å². The summed E-state index contributed by atoms with van der Waals surface area (Å²) in [7, 11) is -3.64. The highest BCUT2D eigenvalue weighted by molar-refractivity contribution is 7.91. The van der Waals surface area contributed by atoms with Gasteiger partial charge in [-0.2, -0.15) is 0 Å². The quantitative estimate of drug-likeness (QED) is 0.250. The van der Waals surface area contributed by atoms with Crippen molar-refractivity contribution in [2.24, 2.45) is 4.99 Å². The van der Waals surface area contributed by atoms with Crippen LogP contribution in [0.1, 0.15) is 29.2 Å². The molecule has 220 valence electrons. The van der Waals surface area contributed by atoms with Crippen molar-refractivity contribution in [2.45, 2.75) is 29.4 Å². The molecule has 1 N–H and O–H groups in total. The highest BCUT2D eigenvalue weighted by Crippen LogP contribution is 2.50. The predicted octanol–water partition coefficient (Wildman–Crippen LogP) is 4.77. The number of rotatable bonds is 11. The van der Waals surface area contributed by atoms with Crippen LogP contribution >= 0.6 is 0 Å². The lowest BCUT2D eigenvalue weighted by atomic mass is 9.78. The first-order valence-corrected chi connectivity index (χ1v) is 15.9. The Balaban J connectivity index is 1.38. The Labute approximate surface area is 251 Å². The average Bonchev–Trinajstić information content (AvgIpc) is 3.43. The molecule has 2 atom stereocenters. The maximum Gasteiger partial charge on any atom is 0.259 e. The topological polar surface area (TPSA) is 106 Å². The number of para-hydroxylation sites is 1. The molecule has 0 aromatic heterocycles. The summed E-state index contributed by atoms with van der Waals surface area (Å²) >= 11 is 0. The number of benzene rings is 4. The van der Waals surface area contributed by atoms with Crippen molar-refractivity contribution in [2.75, 3.05) is 30.4 Å². The molecule has 43 heavy (non-hydrogen) atoms. The minimum Gasteiger partial charge on any atom is -0.494 e. The number of aliphatic hydroxyl groups excluding tert-OH is 1. The lowest BCUT2D eigenvalue weighted by molar-refractivity contribution is -0.127. The van der Waals surface area contributed by atoms with E-state index >= 15 is 0 Å². The third-order valence-corrected chi connectivity index (χ3v) is 9.48. The molecule has 0 bridgehead atoms. The largest absolute Gasteiger partial charge is 0.494 e. The molecule has 9 heteroatoms. The number of ether oxygens (including phenoxy) is 2. The second-order valence-corrected chi connectivity index (χ2v) is 12.7. The van der Waals surface area contributed by atoms with Crippen LogP contribution in [0.2, 0.25) is 0 Å². The number of hydrogen-bond acceptors (Lipinski definition) is 7. The molecule has 6 rings (SSSR count). The number of carbonyl (C=O) groups is 1. The number of sulfone groups is 1. The van der Waals surface area contributed by atoms with E-state index in [0.717, 1.165) is 11.1 Å². The second kappa shape index (κ2) is 12.0. The van der Waals surface area contributed by atoms with Crippen molar-refractivity contribution in [1.29, 1.82) is 0 Å². The fraction of sp³-hybridized carbons (Fsp3) is 0.235. The van der Waals surface area contributed by atoms with Crippen LogP contribution in [0.4, 0.5) is 5.69 Å². The minimum absolute atomic E-state index is 0.0267. The van der Waals surface area contributed by atoms with Crippen LogP contribution in [0.3, 0.4) is 0 Å². The summed E-state index contributed by atoms with van der Waals surface area (Å²) in [5.41, 5.74) is 1.67. The molecule has 0 aliphatic carbocycles. The lowest BCUT2D eigenvalue weighted by Crippen LogP contribution is -2.56. The smallest absolute Gasteiger partial charge is 0.259 e. The van der Waals surface area contributed by atoms with Gasteiger partial charge in [-0.05, 0) is 48.0 Å². The minimum atomic E-state index is -3.64. The molecule has 0 unspecified atom stereocenters. The predicted molar refractivity (Wildman–Crippen MR) is 164 cm³/mol. The van der Waals surface area contributed by atoms with Gasteiger partial charge in [0.25, 0.3) is 5.91 Å². The Morgan fingerprint density at radius 1 is 0.884 bits per heavy atom. The number of anilines is 1. The Hall–Kier alpha value is -4.47. The van der Waals surface area contributed by atoms with Crippen molar-refractivity contribution in [1.82, 2.24) is 0 Å². The number of carbonyl (C=O) groups excluding carboxylic acids is 1. The summed E-state index contributed by atoms with van der Waals surface area (Å²) in [4.78, 5) is 21.4. The van der Waals surface area contributed by atoms with Crippen molar-refractivity contribution in [3.05, 3.63) is 126 Å². The Morgan fingerprint density at radius 2 is 1.56 bits per heavy atom. The van der Waals surface area contributed by atoms with Gasteiger partial charge in [0.1, 0.15) is 5.75 Å². The second-order valence-electron chi connectivity index (χ2n) is 10.6. The molecule has 0 saturated carbocycles. The first-order chi connectivity index (χ1) is 20.9. The fourth-order valence-electron chi connectivity index (χ4n) is 5.63. The average molecular weight is 597 g/mol. The Kier molecular flexibility index (Phi) is 8.01. The number of aliphatic hydroxyl groups is 1. The molecule has 2 aliphatic rings. The first-order valence-electron chi connectivity index (χ1n) is 14.2. The van der Waals surface area contributed by atoms with Gasteiger partial charge in [0.05, 0.1) is 22.9 Å². The van der Waals surface area contributed by atoms with E-state index in [0.29, 0.717) is 35.9 Å². The number of fused-ring (bicyclic) bond motifs is 3. The summed E-state index contributed by atoms with van der Waals surface area (Å²) in [6.07, 6.45) is 0.111. The van der Waals surface area contributed by atoms with Gasteiger partial charge in [0, 0.05) is 37.1 Å². The molecule has 8 nitrogen and oxygen atoms in total. The first kappa shape index (κ1) is 28.6. The van der Waals surface area contributed by atoms with Crippen molar-refractivity contribution in [3.63, 3.8) is 0 Å². The van der Waals surface area contributed by atoms with Crippen LogP contribution in [-0.4, -0.2) is 56.4 Å².